The second-order valence-electron chi connectivity index (χ2n) is 7.59. The number of benzene rings is 2. The monoisotopic (exact) mass is 494 g/mol. The van der Waals surface area contributed by atoms with Crippen LogP contribution in [0.2, 0.25) is 0 Å². The Labute approximate surface area is 210 Å². The van der Waals surface area contributed by atoms with Crippen molar-refractivity contribution in [1.82, 2.24) is 4.90 Å². The standard InChI is InChI=1S/C26H38N2O5.ClH/c1-7-10-17-33-22-13-11-21(12-14-22)28(16-15-27(8-2)9-3)26(29)20-18-23(30-4)25(32-6)24(19-20)31-5;/h11-14,18-19H,7-10,15-17H2,1-6H3;1H. The second-order valence-corrected chi connectivity index (χ2v) is 7.59. The molecule has 0 saturated carbocycles. The van der Waals surface area contributed by atoms with Gasteiger partial charge in [-0.1, -0.05) is 27.2 Å². The summed E-state index contributed by atoms with van der Waals surface area (Å²) in [5.74, 6) is 2.02. The number of unbranched alkanes of at least 4 members (excludes halogenated alkanes) is 1. The van der Waals surface area contributed by atoms with E-state index in [0.29, 0.717) is 36.0 Å². The molecule has 7 nitrogen and oxygen atoms in total. The van der Waals surface area contributed by atoms with Crippen LogP contribution in [0.3, 0.4) is 0 Å². The third kappa shape index (κ3) is 7.71. The Morgan fingerprint density at radius 2 is 1.44 bits per heavy atom. The maximum absolute atomic E-state index is 13.7. The molecule has 0 aromatic heterocycles. The lowest BCUT2D eigenvalue weighted by Gasteiger charge is -2.27. The second kappa shape index (κ2) is 15.3. The number of methoxy groups -OCH3 is 3. The zero-order chi connectivity index (χ0) is 24.2. The molecule has 0 fully saturated rings. The van der Waals surface area contributed by atoms with Crippen molar-refractivity contribution in [3.05, 3.63) is 42.0 Å². The number of rotatable bonds is 14. The fraction of sp³-hybridized carbons (Fsp3) is 0.500. The lowest BCUT2D eigenvalue weighted by molar-refractivity contribution is 0.0983. The lowest BCUT2D eigenvalue weighted by atomic mass is 10.1. The van der Waals surface area contributed by atoms with E-state index in [1.807, 2.05) is 24.3 Å². The van der Waals surface area contributed by atoms with Crippen molar-refractivity contribution in [3.8, 4) is 23.0 Å². The van der Waals surface area contributed by atoms with E-state index < -0.39 is 0 Å². The Hall–Kier alpha value is -2.64. The van der Waals surface area contributed by atoms with E-state index in [2.05, 4.69) is 25.7 Å². The molecule has 0 radical (unpaired) electrons. The Balaban J connectivity index is 0.00000578. The zero-order valence-electron chi connectivity index (χ0n) is 21.3. The van der Waals surface area contributed by atoms with Crippen molar-refractivity contribution in [1.29, 1.82) is 0 Å². The molecule has 0 unspecified atom stereocenters. The molecule has 0 heterocycles. The van der Waals surface area contributed by atoms with Crippen molar-refractivity contribution in [2.45, 2.75) is 33.6 Å². The molecule has 0 bridgehead atoms. The summed E-state index contributed by atoms with van der Waals surface area (Å²) in [6, 6.07) is 11.1. The Kier molecular flexibility index (Phi) is 13.2. The number of ether oxygens (including phenoxy) is 4. The molecule has 2 aromatic rings. The van der Waals surface area contributed by atoms with E-state index >= 15 is 0 Å². The number of anilines is 1. The van der Waals surface area contributed by atoms with Crippen molar-refractivity contribution in [2.24, 2.45) is 0 Å². The minimum absolute atomic E-state index is 0. The molecule has 0 N–H and O–H groups in total. The summed E-state index contributed by atoms with van der Waals surface area (Å²) in [6.45, 7) is 10.2. The largest absolute Gasteiger partial charge is 0.494 e. The molecule has 0 saturated heterocycles. The van der Waals surface area contributed by atoms with Gasteiger partial charge >= 0.3 is 0 Å². The van der Waals surface area contributed by atoms with Crippen LogP contribution in [-0.4, -0.2) is 64.9 Å². The molecule has 2 aromatic carbocycles. The van der Waals surface area contributed by atoms with E-state index in [4.69, 9.17) is 18.9 Å². The van der Waals surface area contributed by atoms with Crippen LogP contribution in [0.25, 0.3) is 0 Å². The van der Waals surface area contributed by atoms with Crippen LogP contribution in [0.4, 0.5) is 5.69 Å². The fourth-order valence-corrected chi connectivity index (χ4v) is 3.55. The minimum Gasteiger partial charge on any atom is -0.494 e. The van der Waals surface area contributed by atoms with Crippen LogP contribution < -0.4 is 23.8 Å². The highest BCUT2D eigenvalue weighted by Crippen LogP contribution is 2.38. The van der Waals surface area contributed by atoms with Gasteiger partial charge in [-0.15, -0.1) is 12.4 Å². The van der Waals surface area contributed by atoms with E-state index in [0.717, 1.165) is 43.9 Å². The summed E-state index contributed by atoms with van der Waals surface area (Å²) < 4.78 is 22.1. The Morgan fingerprint density at radius 1 is 0.853 bits per heavy atom. The fourth-order valence-electron chi connectivity index (χ4n) is 3.55. The number of amides is 1. The maximum Gasteiger partial charge on any atom is 0.258 e. The van der Waals surface area contributed by atoms with Crippen LogP contribution in [0.5, 0.6) is 23.0 Å². The van der Waals surface area contributed by atoms with Gasteiger partial charge in [-0.05, 0) is 55.9 Å². The highest BCUT2D eigenvalue weighted by Gasteiger charge is 2.23. The normalized spacial score (nSPS) is 10.4. The lowest BCUT2D eigenvalue weighted by Crippen LogP contribution is -2.39. The predicted molar refractivity (Wildman–Crippen MR) is 140 cm³/mol. The molecule has 1 amide bonds. The van der Waals surface area contributed by atoms with Gasteiger partial charge in [0, 0.05) is 24.3 Å². The van der Waals surface area contributed by atoms with Gasteiger partial charge in [0.05, 0.1) is 27.9 Å². The summed E-state index contributed by atoms with van der Waals surface area (Å²) in [5, 5.41) is 0. The van der Waals surface area contributed by atoms with Gasteiger partial charge in [0.15, 0.2) is 11.5 Å². The molecule has 2 rings (SSSR count). The first-order valence-electron chi connectivity index (χ1n) is 11.6. The number of hydrogen-bond donors (Lipinski definition) is 0. The van der Waals surface area contributed by atoms with Crippen LogP contribution in [0.1, 0.15) is 44.0 Å². The van der Waals surface area contributed by atoms with Crippen molar-refractivity contribution in [2.75, 3.05) is 59.0 Å². The third-order valence-electron chi connectivity index (χ3n) is 5.61. The highest BCUT2D eigenvalue weighted by molar-refractivity contribution is 6.07. The van der Waals surface area contributed by atoms with Crippen LogP contribution in [-0.2, 0) is 0 Å². The van der Waals surface area contributed by atoms with Gasteiger partial charge in [-0.2, -0.15) is 0 Å². The van der Waals surface area contributed by atoms with Crippen LogP contribution >= 0.6 is 12.4 Å². The summed E-state index contributed by atoms with van der Waals surface area (Å²) in [6.07, 6.45) is 2.10. The van der Waals surface area contributed by atoms with Gasteiger partial charge in [-0.3, -0.25) is 4.79 Å². The number of carbonyl (C=O) groups excluding carboxylic acids is 1. The van der Waals surface area contributed by atoms with Gasteiger partial charge in [0.25, 0.3) is 5.91 Å². The van der Waals surface area contributed by atoms with Crippen molar-refractivity contribution in [3.63, 3.8) is 0 Å². The van der Waals surface area contributed by atoms with Gasteiger partial charge in [-0.25, -0.2) is 0 Å². The minimum atomic E-state index is -0.138. The molecule has 0 aliphatic heterocycles. The zero-order valence-corrected chi connectivity index (χ0v) is 22.1. The number of likely N-dealkylation sites (N-methyl/N-ethyl adjacent to an activating group) is 1. The van der Waals surface area contributed by atoms with Crippen LogP contribution in [0.15, 0.2) is 36.4 Å². The van der Waals surface area contributed by atoms with Crippen molar-refractivity contribution >= 4 is 24.0 Å². The number of nitrogens with zero attached hydrogens (tertiary/aromatic N) is 2. The first kappa shape index (κ1) is 29.4. The molecule has 8 heteroatoms. The van der Waals surface area contributed by atoms with Gasteiger partial charge < -0.3 is 28.7 Å². The topological polar surface area (TPSA) is 60.5 Å². The van der Waals surface area contributed by atoms with E-state index in [-0.39, 0.29) is 18.3 Å². The molecule has 34 heavy (non-hydrogen) atoms. The molecule has 190 valence electrons. The average Bonchev–Trinajstić information content (AvgIpc) is 2.86. The third-order valence-corrected chi connectivity index (χ3v) is 5.61. The predicted octanol–water partition coefficient (Wildman–Crippen LogP) is 5.30. The first-order chi connectivity index (χ1) is 16.0. The molecule has 0 aliphatic rings. The SMILES string of the molecule is CCCCOc1ccc(N(CCN(CC)CC)C(=O)c2cc(OC)c(OC)c(OC)c2)cc1.Cl. The number of halogens is 1. The smallest absolute Gasteiger partial charge is 0.258 e. The van der Waals surface area contributed by atoms with Gasteiger partial charge in [0.1, 0.15) is 5.75 Å². The van der Waals surface area contributed by atoms with Crippen molar-refractivity contribution < 1.29 is 23.7 Å². The number of hydrogen-bond acceptors (Lipinski definition) is 6. The van der Waals surface area contributed by atoms with E-state index in [1.165, 1.54) is 0 Å². The highest BCUT2D eigenvalue weighted by atomic mass is 35.5. The molecule has 0 aliphatic carbocycles. The Bertz CT molecular complexity index is 847. The van der Waals surface area contributed by atoms with E-state index in [1.54, 1.807) is 38.4 Å². The first-order valence-corrected chi connectivity index (χ1v) is 11.6. The molecular formula is C26H39ClN2O5. The molecule has 0 atom stereocenters. The molecular weight excluding hydrogens is 456 g/mol. The summed E-state index contributed by atoms with van der Waals surface area (Å²) in [5.41, 5.74) is 1.27. The average molecular weight is 495 g/mol. The van der Waals surface area contributed by atoms with Gasteiger partial charge in [0.2, 0.25) is 5.75 Å². The Morgan fingerprint density at radius 3 is 1.91 bits per heavy atom. The quantitative estimate of drug-likeness (QED) is 0.332. The maximum atomic E-state index is 13.7. The summed E-state index contributed by atoms with van der Waals surface area (Å²) in [7, 11) is 4.63. The summed E-state index contributed by atoms with van der Waals surface area (Å²) >= 11 is 0. The summed E-state index contributed by atoms with van der Waals surface area (Å²) in [4.78, 5) is 17.8. The number of carbonyl (C=O) groups is 1. The van der Waals surface area contributed by atoms with E-state index in [9.17, 15) is 4.79 Å². The van der Waals surface area contributed by atoms with Crippen LogP contribution in [0, 0.1) is 0 Å². The molecule has 0 spiro atoms.